The van der Waals surface area contributed by atoms with Crippen molar-refractivity contribution in [2.75, 3.05) is 61.7 Å². The van der Waals surface area contributed by atoms with Crippen molar-refractivity contribution in [2.24, 2.45) is 16.7 Å². The number of likely N-dealkylation sites (tertiary alicyclic amines) is 3. The molecule has 4 saturated heterocycles. The maximum absolute atomic E-state index is 12.3. The average molecular weight is 1400 g/mol. The van der Waals surface area contributed by atoms with E-state index in [1.165, 1.54) is 67.6 Å². The number of hydrogen-bond donors (Lipinski definition) is 3. The molecular formula is C59H98Cl4MgN4O21S. The van der Waals surface area contributed by atoms with Crippen LogP contribution in [0.15, 0.2) is 0 Å². The van der Waals surface area contributed by atoms with E-state index in [0.29, 0.717) is 51.7 Å². The standard InChI is InChI=1S/C14H23NO4.C13H21NO4.C10H15NO5.C8H14O2.C6H11NO2.C5H11.C3H3ClO3.Cl2OS.ClH.Mg/c1-5-14(2,3)11(16)12(17)15-9-7-6-8-10(15)13(18)19-4;1-4-13(2,3)10(15)11(16)14-8-6-5-7-9(14)12(17)18;1-15-9(13)7-5-3-4-6-11(7)8(12)10(14)16-2;1-10-8(9)7-5-3-2-4-6-7;8-6(9)5-3-1-2-4-7-5;1-4-5(2)3;1-7-3(6)2(4)5;1-4(2)3;;/h10H,5-9H2,1-4H3;9H,4-8H2,1-3H3,(H,17,18);7H,3-6H2,1-2H3;7H,2-6H2,1H3;5,7H,1-4H2,(H,8,9);4H2,1-3H3;1H3;;1H;/q;;;;;-1;;;;+2/p-1/t10-;9-;7-;;5-;;;;;/m000.0...../s1. The van der Waals surface area contributed by atoms with Gasteiger partial charge in [-0.05, 0) is 114 Å². The Kier molecular flexibility index (Phi) is 54.7. The first-order chi connectivity index (χ1) is 41.1. The van der Waals surface area contributed by atoms with Gasteiger partial charge in [0.2, 0.25) is 20.8 Å². The van der Waals surface area contributed by atoms with E-state index >= 15 is 0 Å². The van der Waals surface area contributed by atoms with Crippen LogP contribution in [0, 0.1) is 22.7 Å². The zero-order valence-electron chi connectivity index (χ0n) is 55.0. The molecule has 4 aliphatic heterocycles. The van der Waals surface area contributed by atoms with E-state index in [1.54, 1.807) is 27.7 Å². The van der Waals surface area contributed by atoms with Gasteiger partial charge in [-0.25, -0.2) is 28.2 Å². The molecule has 1 saturated carbocycles. The van der Waals surface area contributed by atoms with Crippen molar-refractivity contribution in [3.8, 4) is 0 Å². The molecule has 25 nitrogen and oxygen atoms in total. The summed E-state index contributed by atoms with van der Waals surface area (Å²) in [5, 5.41) is 19.4. The normalized spacial score (nSPS) is 18.5. The van der Waals surface area contributed by atoms with Crippen molar-refractivity contribution in [3.63, 3.8) is 0 Å². The third-order valence-electron chi connectivity index (χ3n) is 15.1. The largest absolute Gasteiger partial charge is 2.00 e. The Balaban J connectivity index is -0.000000319. The molecule has 0 aromatic rings. The van der Waals surface area contributed by atoms with Gasteiger partial charge < -0.3 is 72.2 Å². The van der Waals surface area contributed by atoms with E-state index in [-0.39, 0.29) is 53.4 Å². The predicted molar refractivity (Wildman–Crippen MR) is 335 cm³/mol. The van der Waals surface area contributed by atoms with Gasteiger partial charge in [-0.2, -0.15) is 20.3 Å². The summed E-state index contributed by atoms with van der Waals surface area (Å²) in [6.07, 6.45) is 17.4. The second kappa shape index (κ2) is 52.2. The van der Waals surface area contributed by atoms with Gasteiger partial charge in [-0.1, -0.05) is 74.1 Å². The van der Waals surface area contributed by atoms with E-state index in [9.17, 15) is 62.3 Å². The first-order valence-electron chi connectivity index (χ1n) is 29.4. The molecule has 0 unspecified atom stereocenters. The summed E-state index contributed by atoms with van der Waals surface area (Å²) in [5.74, 6) is -5.83. The smallest absolute Gasteiger partial charge is 1.00 e. The van der Waals surface area contributed by atoms with Crippen LogP contribution >= 0.6 is 33.0 Å². The Labute approximate surface area is 570 Å². The number of nitrogens with one attached hydrogen (secondary N) is 1. The van der Waals surface area contributed by atoms with Gasteiger partial charge in [0.1, 0.15) is 24.2 Å². The molecule has 90 heavy (non-hydrogen) atoms. The number of carbonyl (C=O) groups excluding carboxylic acids is 11. The number of amides is 3. The van der Waals surface area contributed by atoms with E-state index in [4.69, 9.17) is 19.2 Å². The van der Waals surface area contributed by atoms with E-state index in [2.05, 4.69) is 78.0 Å². The number of esters is 5. The van der Waals surface area contributed by atoms with Crippen LogP contribution < -0.4 is 17.7 Å². The van der Waals surface area contributed by atoms with Crippen LogP contribution in [0.2, 0.25) is 0 Å². The summed E-state index contributed by atoms with van der Waals surface area (Å²) >= 11 is 4.61. The molecule has 5 rings (SSSR count). The molecule has 4 atom stereocenters. The fourth-order valence-electron chi connectivity index (χ4n) is 8.56. The molecule has 1 aliphatic carbocycles. The van der Waals surface area contributed by atoms with Crippen LogP contribution in [0.3, 0.4) is 0 Å². The number of methoxy groups -OCH3 is 5. The van der Waals surface area contributed by atoms with Gasteiger partial charge >= 0.3 is 76.0 Å². The molecule has 0 spiro atoms. The monoisotopic (exact) mass is 1390 g/mol. The maximum Gasteiger partial charge on any atom is 2.00 e. The van der Waals surface area contributed by atoms with E-state index < -0.39 is 109 Å². The number of carboxylic acids is 2. The number of aliphatic carboxylic acids is 2. The zero-order valence-corrected chi connectivity index (χ0v) is 60.2. The molecule has 0 radical (unpaired) electrons. The number of halogens is 4. The van der Waals surface area contributed by atoms with E-state index in [1.807, 2.05) is 13.8 Å². The summed E-state index contributed by atoms with van der Waals surface area (Å²) in [6, 6.07) is -2.39. The van der Waals surface area contributed by atoms with Crippen molar-refractivity contribution in [1.82, 2.24) is 20.0 Å². The van der Waals surface area contributed by atoms with Gasteiger partial charge in [-0.15, -0.1) is 0 Å². The minimum atomic E-state index is -1.67. The number of carbonyl (C=O) groups is 13. The Morgan fingerprint density at radius 3 is 1.11 bits per heavy atom. The first kappa shape index (κ1) is 94.5. The third kappa shape index (κ3) is 38.1. The number of nitrogens with zero attached hydrogens (tertiary/aromatic N) is 3. The summed E-state index contributed by atoms with van der Waals surface area (Å²) in [5.41, 5.74) is -1.41. The van der Waals surface area contributed by atoms with Crippen LogP contribution in [0.4, 0.5) is 0 Å². The van der Waals surface area contributed by atoms with Crippen molar-refractivity contribution in [2.45, 2.75) is 215 Å². The van der Waals surface area contributed by atoms with Gasteiger partial charge in [0, 0.05) is 51.8 Å². The molecule has 4 heterocycles. The fraction of sp³-hybridized carbons (Fsp3) is 0.763. The second-order valence-corrected chi connectivity index (χ2v) is 25.1. The Bertz CT molecular complexity index is 2270. The predicted octanol–water partition coefficient (Wildman–Crippen LogP) is 4.27. The quantitative estimate of drug-likeness (QED) is 0.0579. The number of ketones is 2. The van der Waals surface area contributed by atoms with Crippen molar-refractivity contribution in [3.05, 3.63) is 5.92 Å². The SMILES string of the molecule is CCC(C)(C)C(=O)C(=O)N1CCCC[C@H]1C(=O)O.CCC(C)(C)C(=O)C(=O)N1CCCC[C@H]1C(=O)OC.CC[C-](C)C.COC(=O)C(=O)Cl.COC(=O)C(=O)N1CCCC[C@H]1C(=O)OC.COC(=O)C1CCCCC1.O=C(O)[C@@H]1CCCCN1.O=S(Cl)Cl.[Cl-].[Mg+2]. The molecule has 5 fully saturated rings. The number of hydrogen-bond acceptors (Lipinski definition) is 20. The van der Waals surface area contributed by atoms with Crippen LogP contribution in [-0.4, -0.2) is 214 Å². The first-order valence-corrected chi connectivity index (χ1v) is 32.6. The summed E-state index contributed by atoms with van der Waals surface area (Å²) in [4.78, 5) is 150. The summed E-state index contributed by atoms with van der Waals surface area (Å²) < 4.78 is 31.3. The number of carboxylic acid groups (broad SMARTS) is 2. The van der Waals surface area contributed by atoms with Crippen molar-refractivity contribution < 1.29 is 113 Å². The zero-order chi connectivity index (χ0) is 68.5. The average Bonchev–Trinajstić information content (AvgIpc) is 1.35. The number of Topliss-reactive ketones (excluding diaryl/α,β-unsaturated/α-hetero) is 2. The Morgan fingerprint density at radius 1 is 0.511 bits per heavy atom. The van der Waals surface area contributed by atoms with Crippen molar-refractivity contribution in [1.29, 1.82) is 0 Å². The molecule has 0 aromatic heterocycles. The fourth-order valence-corrected chi connectivity index (χ4v) is 8.63. The number of piperidine rings is 4. The Hall–Kier alpha value is -4.25. The topological polar surface area (TPSA) is 347 Å². The second-order valence-electron chi connectivity index (χ2n) is 22.2. The third-order valence-corrected chi connectivity index (χ3v) is 15.2. The molecular weight excluding hydrogens is 1300 g/mol. The Morgan fingerprint density at radius 2 is 0.844 bits per heavy atom. The minimum Gasteiger partial charge on any atom is -1.00 e. The molecule has 31 heteroatoms. The maximum atomic E-state index is 12.3. The van der Waals surface area contributed by atoms with Crippen LogP contribution in [0.5, 0.6) is 0 Å². The molecule has 0 bridgehead atoms. The molecule has 516 valence electrons. The van der Waals surface area contributed by atoms with Crippen LogP contribution in [0.1, 0.15) is 191 Å². The summed E-state index contributed by atoms with van der Waals surface area (Å²) in [7, 11) is 13.6. The molecule has 3 N–H and O–H groups in total. The van der Waals surface area contributed by atoms with Gasteiger partial charge in [0.05, 0.1) is 41.5 Å². The van der Waals surface area contributed by atoms with Crippen LogP contribution in [0.25, 0.3) is 0 Å². The van der Waals surface area contributed by atoms with Crippen LogP contribution in [-0.2, 0) is 95.2 Å². The number of ether oxygens (including phenoxy) is 5. The van der Waals surface area contributed by atoms with Gasteiger partial charge in [0.25, 0.3) is 11.8 Å². The molecule has 3 amide bonds. The van der Waals surface area contributed by atoms with Gasteiger partial charge in [0.15, 0.2) is 0 Å². The summed E-state index contributed by atoms with van der Waals surface area (Å²) in [6.45, 7) is 19.1. The van der Waals surface area contributed by atoms with E-state index in [0.717, 1.165) is 91.4 Å². The molecule has 5 aliphatic rings. The number of rotatable bonds is 13. The van der Waals surface area contributed by atoms with Crippen molar-refractivity contribution >= 4 is 142 Å². The van der Waals surface area contributed by atoms with Gasteiger partial charge in [-0.3, -0.25) is 38.4 Å². The minimum absolute atomic E-state index is 0. The molecule has 0 aromatic carbocycles.